The predicted octanol–water partition coefficient (Wildman–Crippen LogP) is 3.12. The summed E-state index contributed by atoms with van der Waals surface area (Å²) in [6, 6.07) is 12.8. The van der Waals surface area contributed by atoms with Crippen molar-refractivity contribution in [1.82, 2.24) is 5.43 Å². The largest absolute Gasteiger partial charge is 0.271 e. The van der Waals surface area contributed by atoms with E-state index in [-0.39, 0.29) is 11.6 Å². The summed E-state index contributed by atoms with van der Waals surface area (Å²) in [4.78, 5) is 21.9. The van der Waals surface area contributed by atoms with E-state index in [1.165, 1.54) is 18.3 Å². The van der Waals surface area contributed by atoms with Crippen LogP contribution in [0.4, 0.5) is 5.69 Å². The third-order valence-corrected chi connectivity index (χ3v) is 3.10. The minimum absolute atomic E-state index is 0.0295. The molecule has 0 saturated carbocycles. The molecule has 21 heavy (non-hydrogen) atoms. The summed E-state index contributed by atoms with van der Waals surface area (Å²) in [5.74, 6) is -0.357. The molecule has 0 heterocycles. The van der Waals surface area contributed by atoms with Crippen LogP contribution < -0.4 is 5.43 Å². The molecule has 2 rings (SSSR count). The molecule has 0 aliphatic heterocycles. The summed E-state index contributed by atoms with van der Waals surface area (Å²) in [6.45, 7) is 0. The standard InChI is InChI=1S/C14H10BrN3O3/c15-12-6-4-11(5-7-12)14(19)17-16-9-10-2-1-3-13(8-10)18(20)21/h1-9H,(H,17,19)/b16-9-. The van der Waals surface area contributed by atoms with Crippen molar-refractivity contribution in [2.45, 2.75) is 0 Å². The van der Waals surface area contributed by atoms with Gasteiger partial charge in [0.2, 0.25) is 0 Å². The Morgan fingerprint density at radius 2 is 1.95 bits per heavy atom. The van der Waals surface area contributed by atoms with Crippen LogP contribution in [0.5, 0.6) is 0 Å². The topological polar surface area (TPSA) is 84.6 Å². The molecule has 106 valence electrons. The monoisotopic (exact) mass is 347 g/mol. The number of nitro groups is 1. The number of hydrogen-bond donors (Lipinski definition) is 1. The van der Waals surface area contributed by atoms with Gasteiger partial charge in [0.1, 0.15) is 0 Å². The highest BCUT2D eigenvalue weighted by Gasteiger charge is 2.05. The maximum Gasteiger partial charge on any atom is 0.271 e. The first-order chi connectivity index (χ1) is 10.1. The Morgan fingerprint density at radius 3 is 2.62 bits per heavy atom. The summed E-state index contributed by atoms with van der Waals surface area (Å²) in [7, 11) is 0. The molecule has 1 N–H and O–H groups in total. The van der Waals surface area contributed by atoms with Crippen LogP contribution in [-0.4, -0.2) is 17.0 Å². The molecule has 0 spiro atoms. The van der Waals surface area contributed by atoms with E-state index in [0.29, 0.717) is 11.1 Å². The quantitative estimate of drug-likeness (QED) is 0.523. The number of carbonyl (C=O) groups excluding carboxylic acids is 1. The number of nitro benzene ring substituents is 1. The van der Waals surface area contributed by atoms with Crippen molar-refractivity contribution < 1.29 is 9.72 Å². The zero-order valence-electron chi connectivity index (χ0n) is 10.7. The van der Waals surface area contributed by atoms with E-state index >= 15 is 0 Å². The van der Waals surface area contributed by atoms with Gasteiger partial charge in [-0.15, -0.1) is 0 Å². The van der Waals surface area contributed by atoms with Gasteiger partial charge in [0, 0.05) is 27.7 Å². The van der Waals surface area contributed by atoms with Gasteiger partial charge in [0.15, 0.2) is 0 Å². The second kappa shape index (κ2) is 6.76. The van der Waals surface area contributed by atoms with Crippen LogP contribution in [0, 0.1) is 10.1 Å². The van der Waals surface area contributed by atoms with Gasteiger partial charge in [-0.2, -0.15) is 5.10 Å². The minimum Gasteiger partial charge on any atom is -0.267 e. The molecule has 0 fully saturated rings. The number of halogens is 1. The van der Waals surface area contributed by atoms with Gasteiger partial charge >= 0.3 is 0 Å². The van der Waals surface area contributed by atoms with Crippen molar-refractivity contribution in [2.75, 3.05) is 0 Å². The van der Waals surface area contributed by atoms with Gasteiger partial charge in [0.05, 0.1) is 11.1 Å². The van der Waals surface area contributed by atoms with Crippen molar-refractivity contribution in [3.05, 3.63) is 74.2 Å². The Balaban J connectivity index is 2.02. The normalized spacial score (nSPS) is 10.5. The Hall–Kier alpha value is -2.54. The highest BCUT2D eigenvalue weighted by atomic mass is 79.9. The molecule has 2 aromatic rings. The molecular formula is C14H10BrN3O3. The van der Waals surface area contributed by atoms with Crippen LogP contribution in [0.3, 0.4) is 0 Å². The highest BCUT2D eigenvalue weighted by Crippen LogP contribution is 2.12. The number of carbonyl (C=O) groups is 1. The zero-order chi connectivity index (χ0) is 15.2. The summed E-state index contributed by atoms with van der Waals surface area (Å²) in [6.07, 6.45) is 1.35. The van der Waals surface area contributed by atoms with Crippen molar-refractivity contribution in [3.63, 3.8) is 0 Å². The van der Waals surface area contributed by atoms with E-state index in [0.717, 1.165) is 4.47 Å². The van der Waals surface area contributed by atoms with E-state index in [4.69, 9.17) is 0 Å². The van der Waals surface area contributed by atoms with Crippen molar-refractivity contribution in [1.29, 1.82) is 0 Å². The van der Waals surface area contributed by atoms with Crippen molar-refractivity contribution in [3.8, 4) is 0 Å². The fourth-order valence-corrected chi connectivity index (χ4v) is 1.81. The maximum atomic E-state index is 11.8. The van der Waals surface area contributed by atoms with E-state index in [1.54, 1.807) is 36.4 Å². The third-order valence-electron chi connectivity index (χ3n) is 2.57. The molecule has 0 aromatic heterocycles. The first-order valence-corrected chi connectivity index (χ1v) is 6.69. The van der Waals surface area contributed by atoms with Gasteiger partial charge in [0.25, 0.3) is 11.6 Å². The molecule has 0 unspecified atom stereocenters. The lowest BCUT2D eigenvalue weighted by molar-refractivity contribution is -0.384. The number of benzene rings is 2. The maximum absolute atomic E-state index is 11.8. The van der Waals surface area contributed by atoms with Gasteiger partial charge in [-0.1, -0.05) is 28.1 Å². The van der Waals surface area contributed by atoms with Gasteiger partial charge in [-0.25, -0.2) is 5.43 Å². The summed E-state index contributed by atoms with van der Waals surface area (Å²) in [5.41, 5.74) is 3.33. The number of hydrogen-bond acceptors (Lipinski definition) is 4. The van der Waals surface area contributed by atoms with Crippen LogP contribution in [0.25, 0.3) is 0 Å². The zero-order valence-corrected chi connectivity index (χ0v) is 12.3. The fraction of sp³-hybridized carbons (Fsp3) is 0. The molecule has 1 amide bonds. The lowest BCUT2D eigenvalue weighted by Crippen LogP contribution is -2.17. The first-order valence-electron chi connectivity index (χ1n) is 5.90. The number of nitrogens with one attached hydrogen (secondary N) is 1. The second-order valence-corrected chi connectivity index (χ2v) is 4.97. The molecular weight excluding hydrogens is 338 g/mol. The smallest absolute Gasteiger partial charge is 0.267 e. The first kappa shape index (κ1) is 14.9. The lowest BCUT2D eigenvalue weighted by Gasteiger charge is -1.99. The van der Waals surface area contributed by atoms with Crippen LogP contribution in [0.15, 0.2) is 58.1 Å². The number of hydrazone groups is 1. The van der Waals surface area contributed by atoms with E-state index < -0.39 is 4.92 Å². The highest BCUT2D eigenvalue weighted by molar-refractivity contribution is 9.10. The molecule has 0 radical (unpaired) electrons. The van der Waals surface area contributed by atoms with E-state index in [9.17, 15) is 14.9 Å². The average Bonchev–Trinajstić information content (AvgIpc) is 2.48. The molecule has 0 aliphatic carbocycles. The summed E-state index contributed by atoms with van der Waals surface area (Å²) in [5, 5.41) is 14.4. The lowest BCUT2D eigenvalue weighted by atomic mass is 10.2. The molecule has 0 atom stereocenters. The summed E-state index contributed by atoms with van der Waals surface area (Å²) < 4.78 is 0.874. The van der Waals surface area contributed by atoms with Gasteiger partial charge in [-0.05, 0) is 24.3 Å². The Bertz CT molecular complexity index is 699. The van der Waals surface area contributed by atoms with E-state index in [2.05, 4.69) is 26.5 Å². The van der Waals surface area contributed by atoms with Crippen LogP contribution in [-0.2, 0) is 0 Å². The van der Waals surface area contributed by atoms with Crippen LogP contribution in [0.1, 0.15) is 15.9 Å². The number of nitrogens with zero attached hydrogens (tertiary/aromatic N) is 2. The van der Waals surface area contributed by atoms with Crippen LogP contribution in [0.2, 0.25) is 0 Å². The number of rotatable bonds is 4. The molecule has 2 aromatic carbocycles. The number of non-ortho nitro benzene ring substituents is 1. The summed E-state index contributed by atoms with van der Waals surface area (Å²) >= 11 is 3.28. The molecule has 0 aliphatic rings. The molecule has 6 nitrogen and oxygen atoms in total. The third kappa shape index (κ3) is 4.22. The molecule has 0 bridgehead atoms. The fourth-order valence-electron chi connectivity index (χ4n) is 1.55. The van der Waals surface area contributed by atoms with Crippen molar-refractivity contribution >= 4 is 33.7 Å². The molecule has 0 saturated heterocycles. The van der Waals surface area contributed by atoms with Crippen molar-refractivity contribution in [2.24, 2.45) is 5.10 Å². The van der Waals surface area contributed by atoms with Crippen LogP contribution >= 0.6 is 15.9 Å². The SMILES string of the molecule is O=C(N/N=C\c1cccc([N+](=O)[O-])c1)c1ccc(Br)cc1. The minimum atomic E-state index is -0.488. The Kier molecular flexibility index (Phi) is 4.78. The Labute approximate surface area is 128 Å². The second-order valence-electron chi connectivity index (χ2n) is 4.06. The van der Waals surface area contributed by atoms with E-state index in [1.807, 2.05) is 0 Å². The average molecular weight is 348 g/mol. The number of amides is 1. The Morgan fingerprint density at radius 1 is 1.24 bits per heavy atom. The predicted molar refractivity (Wildman–Crippen MR) is 82.3 cm³/mol. The molecule has 7 heteroatoms. The van der Waals surface area contributed by atoms with Gasteiger partial charge < -0.3 is 0 Å². The van der Waals surface area contributed by atoms with Gasteiger partial charge in [-0.3, -0.25) is 14.9 Å².